The summed E-state index contributed by atoms with van der Waals surface area (Å²) in [6.07, 6.45) is 4.61. The largest absolute Gasteiger partial charge is 0.494 e. The Hall–Kier alpha value is -2.94. The van der Waals surface area contributed by atoms with Crippen molar-refractivity contribution in [2.45, 2.75) is 27.2 Å². The molecule has 3 aromatic rings. The van der Waals surface area contributed by atoms with Crippen LogP contribution in [0.1, 0.15) is 31.4 Å². The molecule has 1 aliphatic heterocycles. The molecule has 0 aliphatic carbocycles. The molecule has 0 atom stereocenters. The lowest BCUT2D eigenvalue weighted by molar-refractivity contribution is -0.122. The molecule has 2 aromatic carbocycles. The van der Waals surface area contributed by atoms with E-state index in [4.69, 9.17) is 26.8 Å². The van der Waals surface area contributed by atoms with Gasteiger partial charge in [0.05, 0.1) is 17.2 Å². The number of thioether (sulfide) groups is 1. The molecular formula is C27H29N3O3S2. The molecule has 1 amide bonds. The fourth-order valence-electron chi connectivity index (χ4n) is 3.88. The number of hydrogen-bond donors (Lipinski definition) is 0. The van der Waals surface area contributed by atoms with E-state index in [0.29, 0.717) is 35.6 Å². The lowest BCUT2D eigenvalue weighted by atomic mass is 10.0. The summed E-state index contributed by atoms with van der Waals surface area (Å²) in [4.78, 5) is 15.4. The highest BCUT2D eigenvalue weighted by Gasteiger charge is 2.32. The Bertz CT molecular complexity index is 1240. The van der Waals surface area contributed by atoms with Crippen LogP contribution in [0.15, 0.2) is 59.6 Å². The van der Waals surface area contributed by atoms with Crippen molar-refractivity contribution in [3.8, 4) is 22.7 Å². The zero-order valence-corrected chi connectivity index (χ0v) is 21.8. The second-order valence-electron chi connectivity index (χ2n) is 8.01. The highest BCUT2D eigenvalue weighted by Crippen LogP contribution is 2.36. The predicted octanol–water partition coefficient (Wildman–Crippen LogP) is 5.87. The second-order valence-corrected chi connectivity index (χ2v) is 9.68. The van der Waals surface area contributed by atoms with Crippen LogP contribution in [0, 0.1) is 6.92 Å². The number of aryl methyl sites for hydroxylation is 1. The van der Waals surface area contributed by atoms with Crippen molar-refractivity contribution in [2.75, 3.05) is 26.4 Å². The van der Waals surface area contributed by atoms with Gasteiger partial charge in [0.25, 0.3) is 5.91 Å². The number of amides is 1. The van der Waals surface area contributed by atoms with Crippen molar-refractivity contribution in [2.24, 2.45) is 0 Å². The van der Waals surface area contributed by atoms with E-state index in [1.807, 2.05) is 86.3 Å². The Morgan fingerprint density at radius 1 is 1.11 bits per heavy atom. The molecule has 2 heterocycles. The monoisotopic (exact) mass is 507 g/mol. The van der Waals surface area contributed by atoms with Crippen LogP contribution in [0.2, 0.25) is 0 Å². The molecule has 8 heteroatoms. The molecule has 0 N–H and O–H groups in total. The van der Waals surface area contributed by atoms with Gasteiger partial charge in [0.15, 0.2) is 0 Å². The number of rotatable bonds is 10. The van der Waals surface area contributed by atoms with Gasteiger partial charge in [-0.05, 0) is 69.2 Å². The molecule has 0 bridgehead atoms. The normalized spacial score (nSPS) is 14.8. The maximum absolute atomic E-state index is 13.2. The van der Waals surface area contributed by atoms with Gasteiger partial charge in [0, 0.05) is 37.1 Å². The van der Waals surface area contributed by atoms with Crippen molar-refractivity contribution in [3.63, 3.8) is 0 Å². The summed E-state index contributed by atoms with van der Waals surface area (Å²) in [5.41, 5.74) is 4.64. The summed E-state index contributed by atoms with van der Waals surface area (Å²) in [6, 6.07) is 15.9. The first-order valence-electron chi connectivity index (χ1n) is 11.7. The molecule has 1 aromatic heterocycles. The highest BCUT2D eigenvalue weighted by atomic mass is 32.2. The van der Waals surface area contributed by atoms with Gasteiger partial charge in [-0.15, -0.1) is 0 Å². The molecule has 6 nitrogen and oxygen atoms in total. The average Bonchev–Trinajstić information content (AvgIpc) is 3.38. The third-order valence-electron chi connectivity index (χ3n) is 5.56. The number of para-hydroxylation sites is 1. The number of ether oxygens (including phenoxy) is 2. The molecule has 4 rings (SSSR count). The minimum Gasteiger partial charge on any atom is -0.494 e. The van der Waals surface area contributed by atoms with Crippen LogP contribution < -0.4 is 4.74 Å². The topological polar surface area (TPSA) is 56.6 Å². The number of carbonyl (C=O) groups is 1. The summed E-state index contributed by atoms with van der Waals surface area (Å²) in [7, 11) is 0. The summed E-state index contributed by atoms with van der Waals surface area (Å²) in [6.45, 7) is 8.41. The lowest BCUT2D eigenvalue weighted by Crippen LogP contribution is -2.29. The first-order chi connectivity index (χ1) is 17.0. The first-order valence-corrected chi connectivity index (χ1v) is 13.0. The minimum absolute atomic E-state index is 0.0710. The fraction of sp³-hybridized carbons (Fsp3) is 0.296. The Labute approximate surface area is 215 Å². The maximum atomic E-state index is 13.2. The van der Waals surface area contributed by atoms with Crippen LogP contribution in [-0.4, -0.2) is 51.3 Å². The van der Waals surface area contributed by atoms with Gasteiger partial charge >= 0.3 is 0 Å². The molecule has 1 aliphatic rings. The lowest BCUT2D eigenvalue weighted by Gasteiger charge is -2.13. The molecule has 35 heavy (non-hydrogen) atoms. The van der Waals surface area contributed by atoms with Gasteiger partial charge in [-0.1, -0.05) is 42.2 Å². The van der Waals surface area contributed by atoms with E-state index in [9.17, 15) is 4.79 Å². The average molecular weight is 508 g/mol. The molecule has 1 fully saturated rings. The van der Waals surface area contributed by atoms with Gasteiger partial charge in [0.2, 0.25) is 0 Å². The summed E-state index contributed by atoms with van der Waals surface area (Å²) < 4.78 is 13.5. The quantitative estimate of drug-likeness (QED) is 0.194. The maximum Gasteiger partial charge on any atom is 0.266 e. The second kappa shape index (κ2) is 11.7. The van der Waals surface area contributed by atoms with Gasteiger partial charge in [-0.2, -0.15) is 5.10 Å². The van der Waals surface area contributed by atoms with E-state index in [-0.39, 0.29) is 5.91 Å². The first kappa shape index (κ1) is 25.2. The van der Waals surface area contributed by atoms with Crippen LogP contribution in [-0.2, 0) is 9.53 Å². The van der Waals surface area contributed by atoms with Gasteiger partial charge < -0.3 is 9.47 Å². The van der Waals surface area contributed by atoms with Gasteiger partial charge in [0.1, 0.15) is 15.8 Å². The van der Waals surface area contributed by atoms with Gasteiger partial charge in [-0.3, -0.25) is 9.69 Å². The van der Waals surface area contributed by atoms with Crippen LogP contribution in [0.4, 0.5) is 0 Å². The predicted molar refractivity (Wildman–Crippen MR) is 146 cm³/mol. The number of benzene rings is 2. The Morgan fingerprint density at radius 3 is 2.63 bits per heavy atom. The zero-order valence-electron chi connectivity index (χ0n) is 20.2. The molecule has 182 valence electrons. The van der Waals surface area contributed by atoms with E-state index < -0.39 is 0 Å². The van der Waals surface area contributed by atoms with E-state index in [0.717, 1.165) is 40.2 Å². The highest BCUT2D eigenvalue weighted by molar-refractivity contribution is 8.26. The van der Waals surface area contributed by atoms with Crippen LogP contribution in [0.3, 0.4) is 0 Å². The smallest absolute Gasteiger partial charge is 0.266 e. The van der Waals surface area contributed by atoms with Crippen molar-refractivity contribution in [1.29, 1.82) is 0 Å². The van der Waals surface area contributed by atoms with Crippen molar-refractivity contribution in [3.05, 3.63) is 70.8 Å². The van der Waals surface area contributed by atoms with E-state index in [1.165, 1.54) is 11.8 Å². The van der Waals surface area contributed by atoms with Gasteiger partial charge in [-0.25, -0.2) is 4.68 Å². The number of hydrogen-bond acceptors (Lipinski definition) is 6. The van der Waals surface area contributed by atoms with E-state index in [2.05, 4.69) is 0 Å². The summed E-state index contributed by atoms with van der Waals surface area (Å²) in [5.74, 6) is 0.754. The molecule has 0 radical (unpaired) electrons. The molecule has 1 saturated heterocycles. The molecule has 0 spiro atoms. The number of thiocarbonyl (C=S) groups is 1. The Kier molecular flexibility index (Phi) is 8.38. The standard InChI is InChI=1S/C27H29N3O3S2/c1-4-32-15-9-14-29-26(31)24(35-27(29)34)17-20-18-30(21-10-7-6-8-11-21)28-25(20)23-13-12-22(33-5-2)16-19(23)3/h6-8,10-13,16-18H,4-5,9,14-15H2,1-3H3/b24-17-. The number of carbonyl (C=O) groups excluding carboxylic acids is 1. The van der Waals surface area contributed by atoms with E-state index >= 15 is 0 Å². The van der Waals surface area contributed by atoms with Crippen molar-refractivity contribution >= 4 is 40.3 Å². The Morgan fingerprint density at radius 2 is 1.91 bits per heavy atom. The van der Waals surface area contributed by atoms with Crippen LogP contribution in [0.5, 0.6) is 5.75 Å². The zero-order chi connectivity index (χ0) is 24.8. The van der Waals surface area contributed by atoms with Crippen molar-refractivity contribution in [1.82, 2.24) is 14.7 Å². The third kappa shape index (κ3) is 5.83. The SMILES string of the molecule is CCOCCCN1C(=O)/C(=C/c2cn(-c3ccccc3)nc2-c2ccc(OCC)cc2C)SC1=S. The van der Waals surface area contributed by atoms with Crippen LogP contribution >= 0.6 is 24.0 Å². The molecular weight excluding hydrogens is 478 g/mol. The number of nitrogens with zero attached hydrogens (tertiary/aromatic N) is 3. The van der Waals surface area contributed by atoms with E-state index in [1.54, 1.807) is 4.90 Å². The summed E-state index contributed by atoms with van der Waals surface area (Å²) >= 11 is 6.84. The molecule has 0 unspecified atom stereocenters. The number of aromatic nitrogens is 2. The minimum atomic E-state index is -0.0710. The molecule has 0 saturated carbocycles. The third-order valence-corrected chi connectivity index (χ3v) is 6.94. The Balaban J connectivity index is 1.70. The van der Waals surface area contributed by atoms with Crippen molar-refractivity contribution < 1.29 is 14.3 Å². The fourth-order valence-corrected chi connectivity index (χ4v) is 5.18. The van der Waals surface area contributed by atoms with Crippen LogP contribution in [0.25, 0.3) is 23.0 Å². The summed E-state index contributed by atoms with van der Waals surface area (Å²) in [5, 5.41) is 4.91.